The number of hydrogen-bond donors (Lipinski definition) is 1. The molecule has 2 aromatic heterocycles. The van der Waals surface area contributed by atoms with Crippen LogP contribution in [0.1, 0.15) is 19.8 Å². The highest BCUT2D eigenvalue weighted by Gasteiger charge is 2.19. The molecular weight excluding hydrogens is 256 g/mol. The van der Waals surface area contributed by atoms with Gasteiger partial charge in [-0.2, -0.15) is 4.57 Å². The van der Waals surface area contributed by atoms with Gasteiger partial charge in [0.2, 0.25) is 11.0 Å². The van der Waals surface area contributed by atoms with E-state index in [1.165, 1.54) is 45.7 Å². The van der Waals surface area contributed by atoms with Crippen molar-refractivity contribution in [2.24, 2.45) is 0 Å². The number of para-hydroxylation sites is 2. The second kappa shape index (κ2) is 4.88. The smallest absolute Gasteiger partial charge is 0.238 e. The highest BCUT2D eigenvalue weighted by molar-refractivity contribution is 6.05. The Bertz CT molecular complexity index is 934. The van der Waals surface area contributed by atoms with Crippen molar-refractivity contribution in [2.45, 2.75) is 26.3 Å². The first-order valence-electron chi connectivity index (χ1n) is 7.70. The number of rotatable bonds is 3. The Labute approximate surface area is 124 Å². The summed E-state index contributed by atoms with van der Waals surface area (Å²) in [5.41, 5.74) is 5.10. The Morgan fingerprint density at radius 3 is 2.67 bits per heavy atom. The van der Waals surface area contributed by atoms with E-state index < -0.39 is 0 Å². The van der Waals surface area contributed by atoms with Gasteiger partial charge in [-0.1, -0.05) is 37.6 Å². The molecular formula is C19H19N2+. The topological polar surface area (TPSA) is 19.7 Å². The van der Waals surface area contributed by atoms with Gasteiger partial charge in [-0.15, -0.1) is 0 Å². The van der Waals surface area contributed by atoms with Gasteiger partial charge in [0.15, 0.2) is 0 Å². The Hall–Kier alpha value is -2.35. The summed E-state index contributed by atoms with van der Waals surface area (Å²) in [7, 11) is 0. The molecule has 4 rings (SSSR count). The van der Waals surface area contributed by atoms with Crippen LogP contribution in [0, 0.1) is 0 Å². The van der Waals surface area contributed by atoms with Crippen molar-refractivity contribution >= 4 is 32.8 Å². The molecule has 0 aliphatic heterocycles. The molecule has 1 N–H and O–H groups in total. The third-order valence-electron chi connectivity index (χ3n) is 4.24. The molecule has 21 heavy (non-hydrogen) atoms. The Kier molecular flexibility index (Phi) is 2.88. The molecule has 2 heterocycles. The van der Waals surface area contributed by atoms with Crippen molar-refractivity contribution in [3.63, 3.8) is 0 Å². The fourth-order valence-corrected chi connectivity index (χ4v) is 3.22. The third kappa shape index (κ3) is 1.90. The molecule has 0 aliphatic carbocycles. The van der Waals surface area contributed by atoms with E-state index in [2.05, 4.69) is 71.1 Å². The number of hydrogen-bond acceptors (Lipinski definition) is 0. The van der Waals surface area contributed by atoms with Crippen molar-refractivity contribution in [2.75, 3.05) is 0 Å². The molecule has 0 radical (unpaired) electrons. The van der Waals surface area contributed by atoms with Gasteiger partial charge in [0.25, 0.3) is 0 Å². The highest BCUT2D eigenvalue weighted by atomic mass is 15.0. The summed E-state index contributed by atoms with van der Waals surface area (Å²) in [5, 5.41) is 2.61. The molecule has 0 aliphatic rings. The summed E-state index contributed by atoms with van der Waals surface area (Å²) < 4.78 is 2.48. The summed E-state index contributed by atoms with van der Waals surface area (Å²) in [6, 6.07) is 19.5. The number of aryl methyl sites for hydroxylation is 1. The summed E-state index contributed by atoms with van der Waals surface area (Å²) in [6.07, 6.45) is 2.41. The number of nitrogens with zero attached hydrogens (tertiary/aromatic N) is 1. The summed E-state index contributed by atoms with van der Waals surface area (Å²) in [4.78, 5) is 3.57. The van der Waals surface area contributed by atoms with Crippen LogP contribution in [0.5, 0.6) is 0 Å². The van der Waals surface area contributed by atoms with E-state index in [1.807, 2.05) is 0 Å². The zero-order valence-electron chi connectivity index (χ0n) is 12.3. The number of benzene rings is 2. The first-order chi connectivity index (χ1) is 10.4. The second-order valence-electron chi connectivity index (χ2n) is 5.64. The van der Waals surface area contributed by atoms with Gasteiger partial charge in [0.05, 0.1) is 10.9 Å². The van der Waals surface area contributed by atoms with Crippen LogP contribution < -0.4 is 4.57 Å². The number of nitrogens with one attached hydrogen (secondary N) is 1. The number of pyridine rings is 1. The third-order valence-corrected chi connectivity index (χ3v) is 4.24. The minimum Gasteiger partial charge on any atom is -0.349 e. The summed E-state index contributed by atoms with van der Waals surface area (Å²) in [6.45, 7) is 3.31. The fraction of sp³-hybridized carbons (Fsp3) is 0.211. The summed E-state index contributed by atoms with van der Waals surface area (Å²) in [5.74, 6) is 0. The lowest BCUT2D eigenvalue weighted by molar-refractivity contribution is -0.645. The van der Waals surface area contributed by atoms with Gasteiger partial charge in [0, 0.05) is 17.9 Å². The van der Waals surface area contributed by atoms with Crippen LogP contribution in [-0.4, -0.2) is 4.98 Å². The molecule has 0 unspecified atom stereocenters. The quantitative estimate of drug-likeness (QED) is 0.529. The molecule has 0 spiro atoms. The average molecular weight is 275 g/mol. The standard InChI is InChI=1S/C19H18N2/c1-2-3-12-21-18-11-7-4-8-14(18)13-17-19(21)15-9-5-6-10-16(15)20-17/h4-11,13H,2-3,12H2,1H3/p+1. The number of fused-ring (bicyclic) bond motifs is 4. The van der Waals surface area contributed by atoms with Crippen molar-refractivity contribution in [1.82, 2.24) is 4.98 Å². The van der Waals surface area contributed by atoms with E-state index in [0.29, 0.717) is 0 Å². The molecule has 4 aromatic rings. The van der Waals surface area contributed by atoms with Crippen LogP contribution in [0.15, 0.2) is 54.6 Å². The fourth-order valence-electron chi connectivity index (χ4n) is 3.22. The SMILES string of the molecule is CCCC[n+]1c2ccccc2cc2[nH]c3ccccc3c21. The lowest BCUT2D eigenvalue weighted by Gasteiger charge is -2.03. The maximum Gasteiger partial charge on any atom is 0.238 e. The predicted octanol–water partition coefficient (Wildman–Crippen LogP) is 4.56. The first kappa shape index (κ1) is 12.4. The van der Waals surface area contributed by atoms with Crippen LogP contribution >= 0.6 is 0 Å². The Morgan fingerprint density at radius 2 is 1.76 bits per heavy atom. The molecule has 104 valence electrons. The molecule has 0 amide bonds. The van der Waals surface area contributed by atoms with E-state index in [0.717, 1.165) is 6.54 Å². The maximum atomic E-state index is 3.57. The van der Waals surface area contributed by atoms with Gasteiger partial charge in [-0.3, -0.25) is 0 Å². The van der Waals surface area contributed by atoms with Crippen LogP contribution in [0.25, 0.3) is 32.8 Å². The van der Waals surface area contributed by atoms with Gasteiger partial charge in [-0.05, 0) is 24.3 Å². The van der Waals surface area contributed by atoms with Gasteiger partial charge < -0.3 is 4.98 Å². The van der Waals surface area contributed by atoms with E-state index in [-0.39, 0.29) is 0 Å². The molecule has 2 heteroatoms. The number of H-pyrrole nitrogens is 1. The van der Waals surface area contributed by atoms with Crippen molar-refractivity contribution < 1.29 is 4.57 Å². The Morgan fingerprint density at radius 1 is 0.952 bits per heavy atom. The normalized spacial score (nSPS) is 11.7. The maximum absolute atomic E-state index is 3.57. The van der Waals surface area contributed by atoms with Crippen LogP contribution in [0.4, 0.5) is 0 Å². The van der Waals surface area contributed by atoms with E-state index >= 15 is 0 Å². The molecule has 0 bridgehead atoms. The average Bonchev–Trinajstić information content (AvgIpc) is 2.89. The van der Waals surface area contributed by atoms with E-state index in [1.54, 1.807) is 0 Å². The number of aromatic amines is 1. The Balaban J connectivity index is 2.17. The lowest BCUT2D eigenvalue weighted by Crippen LogP contribution is -2.35. The van der Waals surface area contributed by atoms with Gasteiger partial charge in [-0.25, -0.2) is 0 Å². The van der Waals surface area contributed by atoms with E-state index in [9.17, 15) is 0 Å². The van der Waals surface area contributed by atoms with Crippen molar-refractivity contribution in [3.8, 4) is 0 Å². The van der Waals surface area contributed by atoms with Crippen molar-refractivity contribution in [3.05, 3.63) is 54.6 Å². The largest absolute Gasteiger partial charge is 0.349 e. The monoisotopic (exact) mass is 275 g/mol. The van der Waals surface area contributed by atoms with E-state index in [4.69, 9.17) is 0 Å². The molecule has 0 saturated heterocycles. The van der Waals surface area contributed by atoms with Crippen LogP contribution in [0.2, 0.25) is 0 Å². The van der Waals surface area contributed by atoms with Gasteiger partial charge >= 0.3 is 0 Å². The zero-order valence-corrected chi connectivity index (χ0v) is 12.3. The summed E-state index contributed by atoms with van der Waals surface area (Å²) >= 11 is 0. The predicted molar refractivity (Wildman–Crippen MR) is 88.4 cm³/mol. The number of aromatic nitrogens is 2. The minimum absolute atomic E-state index is 1.07. The minimum atomic E-state index is 1.07. The highest BCUT2D eigenvalue weighted by Crippen LogP contribution is 2.25. The molecule has 0 fully saturated rings. The molecule has 0 atom stereocenters. The lowest BCUT2D eigenvalue weighted by atomic mass is 10.1. The second-order valence-corrected chi connectivity index (χ2v) is 5.64. The van der Waals surface area contributed by atoms with Crippen LogP contribution in [-0.2, 0) is 6.54 Å². The number of unbranched alkanes of at least 4 members (excludes halogenated alkanes) is 1. The molecule has 0 saturated carbocycles. The zero-order chi connectivity index (χ0) is 14.2. The molecule has 2 aromatic carbocycles. The van der Waals surface area contributed by atoms with Crippen molar-refractivity contribution in [1.29, 1.82) is 0 Å². The van der Waals surface area contributed by atoms with Crippen LogP contribution in [0.3, 0.4) is 0 Å². The molecule has 2 nitrogen and oxygen atoms in total. The van der Waals surface area contributed by atoms with Gasteiger partial charge in [0.1, 0.15) is 12.1 Å². The first-order valence-corrected chi connectivity index (χ1v) is 7.70.